The molecule has 1 aliphatic carbocycles. The van der Waals surface area contributed by atoms with Crippen LogP contribution in [0.4, 0.5) is 0 Å². The van der Waals surface area contributed by atoms with Crippen molar-refractivity contribution >= 4 is 5.91 Å². The van der Waals surface area contributed by atoms with Gasteiger partial charge in [0.15, 0.2) is 0 Å². The molecule has 1 aromatic heterocycles. The highest BCUT2D eigenvalue weighted by molar-refractivity contribution is 5.83. The summed E-state index contributed by atoms with van der Waals surface area (Å²) in [7, 11) is 0. The Bertz CT molecular complexity index is 662. The molecule has 3 aliphatic rings. The molecule has 5 nitrogen and oxygen atoms in total. The zero-order valence-electron chi connectivity index (χ0n) is 15.5. The van der Waals surface area contributed by atoms with Crippen LogP contribution in [0.1, 0.15) is 44.6 Å². The lowest BCUT2D eigenvalue weighted by Crippen LogP contribution is -2.48. The number of pyridine rings is 1. The molecule has 1 aromatic rings. The summed E-state index contributed by atoms with van der Waals surface area (Å²) in [6, 6.07) is 4.08. The smallest absolute Gasteiger partial charge is 0.229 e. The normalized spacial score (nSPS) is 33.9. The van der Waals surface area contributed by atoms with Gasteiger partial charge in [0.25, 0.3) is 0 Å². The second-order valence-electron chi connectivity index (χ2n) is 7.98. The highest BCUT2D eigenvalue weighted by atomic mass is 16.5. The third-order valence-corrected chi connectivity index (χ3v) is 6.07. The van der Waals surface area contributed by atoms with Gasteiger partial charge in [0.1, 0.15) is 12.2 Å². The number of carbonyl (C=O) groups excluding carboxylic acids is 1. The number of ether oxygens (including phenoxy) is 2. The Morgan fingerprint density at radius 1 is 1.38 bits per heavy atom. The van der Waals surface area contributed by atoms with Crippen molar-refractivity contribution in [3.8, 4) is 0 Å². The van der Waals surface area contributed by atoms with Crippen LogP contribution in [0.5, 0.6) is 0 Å². The summed E-state index contributed by atoms with van der Waals surface area (Å²) in [6.45, 7) is 4.04. The first-order valence-electron chi connectivity index (χ1n) is 9.75. The molecule has 140 valence electrons. The quantitative estimate of drug-likeness (QED) is 0.778. The second-order valence-corrected chi connectivity index (χ2v) is 7.98. The van der Waals surface area contributed by atoms with Crippen molar-refractivity contribution in [3.05, 3.63) is 42.2 Å². The van der Waals surface area contributed by atoms with Crippen LogP contribution in [0, 0.1) is 5.41 Å². The average Bonchev–Trinajstić information content (AvgIpc) is 3.06. The summed E-state index contributed by atoms with van der Waals surface area (Å²) in [5.41, 5.74) is 0.818. The highest BCUT2D eigenvalue weighted by Crippen LogP contribution is 2.39. The summed E-state index contributed by atoms with van der Waals surface area (Å²) in [5, 5.41) is 0. The first-order chi connectivity index (χ1) is 12.7. The number of likely N-dealkylation sites (tertiary alicyclic amines) is 1. The molecule has 0 N–H and O–H groups in total. The van der Waals surface area contributed by atoms with E-state index < -0.39 is 0 Å². The van der Waals surface area contributed by atoms with E-state index in [-0.39, 0.29) is 29.6 Å². The van der Waals surface area contributed by atoms with E-state index in [4.69, 9.17) is 9.47 Å². The van der Waals surface area contributed by atoms with Crippen LogP contribution in [-0.2, 0) is 20.9 Å². The number of aromatic nitrogens is 1. The van der Waals surface area contributed by atoms with E-state index in [1.807, 2.05) is 12.1 Å². The van der Waals surface area contributed by atoms with E-state index in [0.717, 1.165) is 44.3 Å². The molecule has 2 aliphatic heterocycles. The molecule has 26 heavy (non-hydrogen) atoms. The lowest BCUT2D eigenvalue weighted by molar-refractivity contribution is -0.145. The number of amides is 1. The summed E-state index contributed by atoms with van der Waals surface area (Å²) in [4.78, 5) is 19.5. The van der Waals surface area contributed by atoms with Gasteiger partial charge < -0.3 is 14.4 Å². The number of hydrogen-bond acceptors (Lipinski definition) is 4. The Morgan fingerprint density at radius 2 is 2.23 bits per heavy atom. The van der Waals surface area contributed by atoms with E-state index in [9.17, 15) is 4.79 Å². The van der Waals surface area contributed by atoms with Crippen molar-refractivity contribution in [3.63, 3.8) is 0 Å². The molecular weight excluding hydrogens is 328 g/mol. The van der Waals surface area contributed by atoms with Gasteiger partial charge in [0.05, 0.1) is 18.1 Å². The molecule has 2 saturated heterocycles. The lowest BCUT2D eigenvalue weighted by atomic mass is 9.77. The van der Waals surface area contributed by atoms with Gasteiger partial charge in [0.2, 0.25) is 5.91 Å². The predicted molar refractivity (Wildman–Crippen MR) is 98.4 cm³/mol. The Kier molecular flexibility index (Phi) is 5.09. The third kappa shape index (κ3) is 3.42. The zero-order chi connectivity index (χ0) is 18.0. The van der Waals surface area contributed by atoms with Crippen LogP contribution in [0.2, 0.25) is 0 Å². The number of rotatable bonds is 4. The molecule has 4 atom stereocenters. The van der Waals surface area contributed by atoms with Crippen LogP contribution in [0.15, 0.2) is 36.7 Å². The van der Waals surface area contributed by atoms with Gasteiger partial charge in [-0.25, -0.2) is 0 Å². The molecule has 3 heterocycles. The average molecular weight is 356 g/mol. The van der Waals surface area contributed by atoms with Crippen molar-refractivity contribution in [2.24, 2.45) is 5.41 Å². The number of fused-ring (bicyclic) bond motifs is 1. The molecule has 5 heteroatoms. The number of carbonyl (C=O) groups is 1. The molecule has 4 rings (SSSR count). The SMILES string of the molecule is C[C@]1(C(=O)N2C[C@H](OCc3ccncc3)[C@H]3OCCC[C@H]32)CC=CCC1. The van der Waals surface area contributed by atoms with E-state index in [2.05, 4.69) is 29.0 Å². The van der Waals surface area contributed by atoms with Gasteiger partial charge in [-0.1, -0.05) is 19.1 Å². The van der Waals surface area contributed by atoms with Gasteiger partial charge in [-0.2, -0.15) is 0 Å². The van der Waals surface area contributed by atoms with Gasteiger partial charge in [-0.3, -0.25) is 9.78 Å². The molecule has 0 radical (unpaired) electrons. The van der Waals surface area contributed by atoms with Gasteiger partial charge in [-0.05, 0) is 49.8 Å². The zero-order valence-corrected chi connectivity index (χ0v) is 15.5. The number of allylic oxidation sites excluding steroid dienone is 2. The van der Waals surface area contributed by atoms with Crippen LogP contribution in [0.25, 0.3) is 0 Å². The van der Waals surface area contributed by atoms with Gasteiger partial charge >= 0.3 is 0 Å². The first-order valence-corrected chi connectivity index (χ1v) is 9.75. The fraction of sp³-hybridized carbons (Fsp3) is 0.619. The Hall–Kier alpha value is -1.72. The van der Waals surface area contributed by atoms with Crippen molar-refractivity contribution < 1.29 is 14.3 Å². The topological polar surface area (TPSA) is 51.7 Å². The molecular formula is C21H28N2O3. The van der Waals surface area contributed by atoms with Gasteiger partial charge in [-0.15, -0.1) is 0 Å². The maximum atomic E-state index is 13.4. The minimum absolute atomic E-state index is 0.00253. The van der Waals surface area contributed by atoms with Crippen molar-refractivity contribution in [2.75, 3.05) is 13.2 Å². The lowest BCUT2D eigenvalue weighted by Gasteiger charge is -2.38. The minimum atomic E-state index is -0.281. The summed E-state index contributed by atoms with van der Waals surface area (Å²) in [6.07, 6.45) is 12.6. The molecule has 0 spiro atoms. The molecule has 0 aromatic carbocycles. The molecule has 2 fully saturated rings. The van der Waals surface area contributed by atoms with Crippen molar-refractivity contribution in [1.82, 2.24) is 9.88 Å². The van der Waals surface area contributed by atoms with Crippen LogP contribution in [-0.4, -0.2) is 47.2 Å². The molecule has 1 amide bonds. The molecule has 0 unspecified atom stereocenters. The van der Waals surface area contributed by atoms with Crippen LogP contribution < -0.4 is 0 Å². The Labute approximate surface area is 155 Å². The van der Waals surface area contributed by atoms with Crippen molar-refractivity contribution in [2.45, 2.75) is 63.9 Å². The first kappa shape index (κ1) is 17.7. The molecule has 0 saturated carbocycles. The number of hydrogen-bond donors (Lipinski definition) is 0. The van der Waals surface area contributed by atoms with Crippen LogP contribution in [0.3, 0.4) is 0 Å². The third-order valence-electron chi connectivity index (χ3n) is 6.07. The van der Waals surface area contributed by atoms with Gasteiger partial charge in [0, 0.05) is 25.5 Å². The van der Waals surface area contributed by atoms with E-state index in [0.29, 0.717) is 13.2 Å². The maximum absolute atomic E-state index is 13.4. The summed E-state index contributed by atoms with van der Waals surface area (Å²) < 4.78 is 12.3. The maximum Gasteiger partial charge on any atom is 0.229 e. The van der Waals surface area contributed by atoms with Crippen LogP contribution >= 0.6 is 0 Å². The largest absolute Gasteiger partial charge is 0.373 e. The standard InChI is InChI=1S/C21H28N2O3/c1-21(9-3-2-4-10-21)20(24)23-14-18(19-17(23)6-5-13-25-19)26-15-16-7-11-22-12-8-16/h2-3,7-8,11-12,17-19H,4-6,9-10,13-15H2,1H3/t17-,18+,19+,21+/m1/s1. The Balaban J connectivity index is 1.47. The fourth-order valence-corrected chi connectivity index (χ4v) is 4.48. The fourth-order valence-electron chi connectivity index (χ4n) is 4.48. The summed E-state index contributed by atoms with van der Waals surface area (Å²) in [5.74, 6) is 0.275. The summed E-state index contributed by atoms with van der Waals surface area (Å²) >= 11 is 0. The Morgan fingerprint density at radius 3 is 3.00 bits per heavy atom. The second kappa shape index (κ2) is 7.49. The monoisotopic (exact) mass is 356 g/mol. The number of nitrogens with zero attached hydrogens (tertiary/aromatic N) is 2. The van der Waals surface area contributed by atoms with Crippen molar-refractivity contribution in [1.29, 1.82) is 0 Å². The molecule has 0 bridgehead atoms. The highest BCUT2D eigenvalue weighted by Gasteiger charge is 2.50. The van der Waals surface area contributed by atoms with E-state index in [1.165, 1.54) is 0 Å². The van der Waals surface area contributed by atoms with E-state index in [1.54, 1.807) is 12.4 Å². The minimum Gasteiger partial charge on any atom is -0.373 e. The van der Waals surface area contributed by atoms with E-state index >= 15 is 0 Å². The predicted octanol–water partition coefficient (Wildman–Crippen LogP) is 3.10.